The average molecular weight is 384 g/mol. The highest BCUT2D eigenvalue weighted by molar-refractivity contribution is 6.04. The van der Waals surface area contributed by atoms with Crippen LogP contribution in [0.1, 0.15) is 20.8 Å². The zero-order valence-electron chi connectivity index (χ0n) is 15.0. The standard InChI is InChI=1S/C20H18F2N4O2/c21-14-3-1-13(2-4-14)18(27)12-25-7-9-26(10-8-25)20(28)19-16-11-15(22)5-6-17(16)23-24-19/h1-6,11H,7-10,12H2,(H,23,24). The number of fused-ring (bicyclic) bond motifs is 1. The van der Waals surface area contributed by atoms with Crippen LogP contribution in [0.5, 0.6) is 0 Å². The van der Waals surface area contributed by atoms with Gasteiger partial charge in [-0.25, -0.2) is 8.78 Å². The Morgan fingerprint density at radius 1 is 0.964 bits per heavy atom. The van der Waals surface area contributed by atoms with Gasteiger partial charge in [-0.2, -0.15) is 5.10 Å². The molecule has 0 spiro atoms. The number of carbonyl (C=O) groups excluding carboxylic acids is 2. The van der Waals surface area contributed by atoms with Crippen LogP contribution in [0.4, 0.5) is 8.78 Å². The van der Waals surface area contributed by atoms with Crippen molar-refractivity contribution in [1.82, 2.24) is 20.0 Å². The molecule has 1 aliphatic heterocycles. The molecule has 0 saturated carbocycles. The van der Waals surface area contributed by atoms with Gasteiger partial charge in [-0.1, -0.05) is 0 Å². The lowest BCUT2D eigenvalue weighted by molar-refractivity contribution is 0.0621. The molecule has 1 amide bonds. The summed E-state index contributed by atoms with van der Waals surface area (Å²) < 4.78 is 26.5. The lowest BCUT2D eigenvalue weighted by atomic mass is 10.1. The van der Waals surface area contributed by atoms with Crippen LogP contribution in [0.15, 0.2) is 42.5 Å². The van der Waals surface area contributed by atoms with Crippen molar-refractivity contribution in [3.05, 3.63) is 65.4 Å². The minimum Gasteiger partial charge on any atom is -0.335 e. The first kappa shape index (κ1) is 18.2. The van der Waals surface area contributed by atoms with Crippen molar-refractivity contribution in [3.8, 4) is 0 Å². The summed E-state index contributed by atoms with van der Waals surface area (Å²) in [5.74, 6) is -1.16. The van der Waals surface area contributed by atoms with Crippen molar-refractivity contribution in [1.29, 1.82) is 0 Å². The zero-order valence-corrected chi connectivity index (χ0v) is 15.0. The maximum absolute atomic E-state index is 13.5. The molecule has 1 aromatic heterocycles. The normalized spacial score (nSPS) is 15.1. The monoisotopic (exact) mass is 384 g/mol. The van der Waals surface area contributed by atoms with Crippen molar-refractivity contribution < 1.29 is 18.4 Å². The Labute approximate surface area is 159 Å². The summed E-state index contributed by atoms with van der Waals surface area (Å²) in [6, 6.07) is 9.63. The molecular weight excluding hydrogens is 366 g/mol. The van der Waals surface area contributed by atoms with E-state index in [0.717, 1.165) is 0 Å². The molecule has 0 atom stereocenters. The molecule has 0 aliphatic carbocycles. The second-order valence-corrected chi connectivity index (χ2v) is 6.76. The van der Waals surface area contributed by atoms with E-state index < -0.39 is 5.82 Å². The lowest BCUT2D eigenvalue weighted by Gasteiger charge is -2.34. The van der Waals surface area contributed by atoms with Crippen molar-refractivity contribution in [2.24, 2.45) is 0 Å². The second-order valence-electron chi connectivity index (χ2n) is 6.76. The summed E-state index contributed by atoms with van der Waals surface area (Å²) >= 11 is 0. The predicted molar refractivity (Wildman–Crippen MR) is 99.1 cm³/mol. The summed E-state index contributed by atoms with van der Waals surface area (Å²) in [7, 11) is 0. The number of H-pyrrole nitrogens is 1. The molecule has 2 heterocycles. The van der Waals surface area contributed by atoms with E-state index in [-0.39, 0.29) is 29.7 Å². The third-order valence-electron chi connectivity index (χ3n) is 4.92. The number of nitrogens with zero attached hydrogens (tertiary/aromatic N) is 3. The molecule has 144 valence electrons. The number of aromatic amines is 1. The second kappa shape index (κ2) is 7.47. The Morgan fingerprint density at radius 2 is 1.64 bits per heavy atom. The predicted octanol–water partition coefficient (Wildman–Crippen LogP) is 2.48. The molecule has 6 nitrogen and oxygen atoms in total. The summed E-state index contributed by atoms with van der Waals surface area (Å²) in [6.45, 7) is 2.17. The molecule has 4 rings (SSSR count). The fraction of sp³-hybridized carbons (Fsp3) is 0.250. The number of nitrogens with one attached hydrogen (secondary N) is 1. The van der Waals surface area contributed by atoms with Crippen LogP contribution in [-0.4, -0.2) is 64.4 Å². The number of benzene rings is 2. The van der Waals surface area contributed by atoms with E-state index in [1.807, 2.05) is 4.90 Å². The van der Waals surface area contributed by atoms with Gasteiger partial charge in [0.1, 0.15) is 11.6 Å². The van der Waals surface area contributed by atoms with Gasteiger partial charge in [0.2, 0.25) is 0 Å². The Morgan fingerprint density at radius 3 is 2.36 bits per heavy atom. The van der Waals surface area contributed by atoms with E-state index >= 15 is 0 Å². The van der Waals surface area contributed by atoms with Crippen LogP contribution in [0, 0.1) is 11.6 Å². The Bertz CT molecular complexity index is 1020. The Kier molecular flexibility index (Phi) is 4.87. The van der Waals surface area contributed by atoms with E-state index in [1.54, 1.807) is 11.0 Å². The number of Topliss-reactive ketones (excluding diaryl/α,β-unsaturated/α-hetero) is 1. The number of ketones is 1. The number of hydrogen-bond donors (Lipinski definition) is 1. The summed E-state index contributed by atoms with van der Waals surface area (Å²) in [6.07, 6.45) is 0. The molecule has 3 aromatic rings. The molecule has 1 saturated heterocycles. The zero-order chi connectivity index (χ0) is 19.7. The molecule has 1 fully saturated rings. The minimum atomic E-state index is -0.424. The molecule has 28 heavy (non-hydrogen) atoms. The van der Waals surface area contributed by atoms with E-state index in [1.165, 1.54) is 36.4 Å². The molecule has 2 aromatic carbocycles. The first-order valence-corrected chi connectivity index (χ1v) is 8.95. The quantitative estimate of drug-likeness (QED) is 0.702. The van der Waals surface area contributed by atoms with Crippen LogP contribution in [0.25, 0.3) is 10.9 Å². The van der Waals surface area contributed by atoms with E-state index in [2.05, 4.69) is 10.2 Å². The van der Waals surface area contributed by atoms with E-state index in [4.69, 9.17) is 0 Å². The highest BCUT2D eigenvalue weighted by Gasteiger charge is 2.26. The topological polar surface area (TPSA) is 69.3 Å². The van der Waals surface area contributed by atoms with Gasteiger partial charge in [0, 0.05) is 37.1 Å². The number of halogens is 2. The van der Waals surface area contributed by atoms with Crippen molar-refractivity contribution in [2.45, 2.75) is 0 Å². The third kappa shape index (κ3) is 3.63. The summed E-state index contributed by atoms with van der Waals surface area (Å²) in [4.78, 5) is 28.7. The minimum absolute atomic E-state index is 0.0893. The van der Waals surface area contributed by atoms with Gasteiger partial charge in [0.05, 0.1) is 12.1 Å². The highest BCUT2D eigenvalue weighted by Crippen LogP contribution is 2.19. The summed E-state index contributed by atoms with van der Waals surface area (Å²) in [5.41, 5.74) is 1.27. The van der Waals surface area contributed by atoms with Gasteiger partial charge in [-0.15, -0.1) is 0 Å². The molecule has 1 N–H and O–H groups in total. The fourth-order valence-corrected chi connectivity index (χ4v) is 3.34. The fourth-order valence-electron chi connectivity index (χ4n) is 3.34. The molecule has 0 bridgehead atoms. The van der Waals surface area contributed by atoms with E-state index in [9.17, 15) is 18.4 Å². The van der Waals surface area contributed by atoms with Gasteiger partial charge >= 0.3 is 0 Å². The van der Waals surface area contributed by atoms with Gasteiger partial charge in [0.25, 0.3) is 5.91 Å². The number of carbonyl (C=O) groups is 2. The van der Waals surface area contributed by atoms with Gasteiger partial charge in [0.15, 0.2) is 11.5 Å². The van der Waals surface area contributed by atoms with Crippen molar-refractivity contribution >= 4 is 22.6 Å². The summed E-state index contributed by atoms with van der Waals surface area (Å²) in [5, 5.41) is 7.25. The van der Waals surface area contributed by atoms with Crippen molar-refractivity contribution in [3.63, 3.8) is 0 Å². The molecule has 0 radical (unpaired) electrons. The molecule has 1 aliphatic rings. The molecule has 0 unspecified atom stereocenters. The Balaban J connectivity index is 1.38. The average Bonchev–Trinajstić information content (AvgIpc) is 3.11. The van der Waals surface area contributed by atoms with Crippen LogP contribution in [-0.2, 0) is 0 Å². The SMILES string of the molecule is O=C(CN1CCN(C(=O)c2n[nH]c3ccc(F)cc23)CC1)c1ccc(F)cc1. The third-order valence-corrected chi connectivity index (χ3v) is 4.92. The maximum Gasteiger partial charge on any atom is 0.275 e. The first-order valence-electron chi connectivity index (χ1n) is 8.95. The van der Waals surface area contributed by atoms with Crippen LogP contribution in [0.2, 0.25) is 0 Å². The van der Waals surface area contributed by atoms with Crippen molar-refractivity contribution in [2.75, 3.05) is 32.7 Å². The van der Waals surface area contributed by atoms with Crippen LogP contribution >= 0.6 is 0 Å². The van der Waals surface area contributed by atoms with Gasteiger partial charge < -0.3 is 4.90 Å². The lowest BCUT2D eigenvalue weighted by Crippen LogP contribution is -2.50. The maximum atomic E-state index is 13.5. The number of hydrogen-bond acceptors (Lipinski definition) is 4. The Hall–Kier alpha value is -3.13. The number of aromatic nitrogens is 2. The smallest absolute Gasteiger partial charge is 0.275 e. The first-order chi connectivity index (χ1) is 13.5. The van der Waals surface area contributed by atoms with Crippen LogP contribution in [0.3, 0.4) is 0 Å². The number of piperazine rings is 1. The van der Waals surface area contributed by atoms with Gasteiger partial charge in [-0.05, 0) is 42.5 Å². The highest BCUT2D eigenvalue weighted by atomic mass is 19.1. The van der Waals surface area contributed by atoms with Crippen LogP contribution < -0.4 is 0 Å². The van der Waals surface area contributed by atoms with Gasteiger partial charge in [-0.3, -0.25) is 19.6 Å². The molecule has 8 heteroatoms. The number of amides is 1. The largest absolute Gasteiger partial charge is 0.335 e. The number of rotatable bonds is 4. The van der Waals surface area contributed by atoms with E-state index in [0.29, 0.717) is 42.6 Å². The molecular formula is C20H18F2N4O2.